The molecule has 1 N–H and O–H groups in total. The lowest BCUT2D eigenvalue weighted by atomic mass is 9.63. The molecule has 2 aromatic rings. The van der Waals surface area contributed by atoms with E-state index in [1.54, 1.807) is 0 Å². The highest BCUT2D eigenvalue weighted by Crippen LogP contribution is 2.57. The van der Waals surface area contributed by atoms with E-state index in [0.717, 1.165) is 24.6 Å². The Hall–Kier alpha value is -2.20. The Labute approximate surface area is 138 Å². The number of rotatable bonds is 1. The molecular weight excluding hydrogens is 280 g/mol. The lowest BCUT2D eigenvalue weighted by Crippen LogP contribution is -2.29. The average molecular weight is 302 g/mol. The number of allylic oxidation sites excluding steroid dienone is 2. The molecule has 0 aromatic heterocycles. The first kappa shape index (κ1) is 14.4. The van der Waals surface area contributed by atoms with Gasteiger partial charge >= 0.3 is 0 Å². The molecule has 1 nitrogen and oxygen atoms in total. The molecule has 0 fully saturated rings. The van der Waals surface area contributed by atoms with E-state index in [9.17, 15) is 5.11 Å². The second kappa shape index (κ2) is 5.17. The van der Waals surface area contributed by atoms with Gasteiger partial charge in [-0.25, -0.2) is 0 Å². The Balaban J connectivity index is 1.80. The van der Waals surface area contributed by atoms with Gasteiger partial charge in [0, 0.05) is 6.42 Å². The van der Waals surface area contributed by atoms with Crippen LogP contribution >= 0.6 is 0 Å². The molecule has 2 aliphatic carbocycles. The minimum atomic E-state index is 0.265. The van der Waals surface area contributed by atoms with Gasteiger partial charge in [0.25, 0.3) is 0 Å². The maximum absolute atomic E-state index is 9.72. The fourth-order valence-electron chi connectivity index (χ4n) is 4.63. The largest absolute Gasteiger partial charge is 0.508 e. The van der Waals surface area contributed by atoms with Crippen molar-refractivity contribution in [2.24, 2.45) is 5.41 Å². The first-order valence-electron chi connectivity index (χ1n) is 8.47. The molecule has 0 aliphatic heterocycles. The zero-order valence-electron chi connectivity index (χ0n) is 13.8. The van der Waals surface area contributed by atoms with E-state index in [2.05, 4.69) is 43.0 Å². The molecule has 2 aliphatic rings. The van der Waals surface area contributed by atoms with Crippen molar-refractivity contribution in [1.82, 2.24) is 0 Å². The summed E-state index contributed by atoms with van der Waals surface area (Å²) in [6.45, 7) is 4.35. The summed E-state index contributed by atoms with van der Waals surface area (Å²) in [7, 11) is 0. The summed E-state index contributed by atoms with van der Waals surface area (Å²) in [6, 6.07) is 10.2. The summed E-state index contributed by atoms with van der Waals surface area (Å²) in [5, 5.41) is 12.2. The summed E-state index contributed by atoms with van der Waals surface area (Å²) in [5.41, 5.74) is 4.80. The van der Waals surface area contributed by atoms with Crippen molar-refractivity contribution in [1.29, 1.82) is 0 Å². The van der Waals surface area contributed by atoms with E-state index in [0.29, 0.717) is 11.7 Å². The zero-order valence-corrected chi connectivity index (χ0v) is 13.8. The molecule has 2 atom stereocenters. The van der Waals surface area contributed by atoms with Crippen LogP contribution in [0, 0.1) is 17.3 Å². The van der Waals surface area contributed by atoms with Crippen LogP contribution in [0.5, 0.6) is 5.75 Å². The normalized spacial score (nSPS) is 25.3. The van der Waals surface area contributed by atoms with E-state index in [4.69, 9.17) is 0 Å². The molecule has 1 heteroatoms. The molecule has 2 aromatic carbocycles. The fourth-order valence-corrected chi connectivity index (χ4v) is 4.63. The van der Waals surface area contributed by atoms with Gasteiger partial charge in [0.05, 0.1) is 0 Å². The predicted molar refractivity (Wildman–Crippen MR) is 95.5 cm³/mol. The van der Waals surface area contributed by atoms with Gasteiger partial charge in [0.2, 0.25) is 0 Å². The third kappa shape index (κ3) is 2.09. The molecule has 0 saturated carbocycles. The first-order valence-corrected chi connectivity index (χ1v) is 8.47. The van der Waals surface area contributed by atoms with Gasteiger partial charge in [0.15, 0.2) is 0 Å². The molecule has 0 saturated heterocycles. The van der Waals surface area contributed by atoms with Crippen LogP contribution in [0.25, 0.3) is 10.8 Å². The van der Waals surface area contributed by atoms with Crippen molar-refractivity contribution in [2.75, 3.05) is 0 Å². The van der Waals surface area contributed by atoms with Crippen LogP contribution in [0.15, 0.2) is 42.0 Å². The summed E-state index contributed by atoms with van der Waals surface area (Å²) in [6.07, 6.45) is 6.79. The predicted octanol–water partition coefficient (Wildman–Crippen LogP) is 5.33. The van der Waals surface area contributed by atoms with Gasteiger partial charge in [-0.1, -0.05) is 42.7 Å². The second-order valence-electron chi connectivity index (χ2n) is 7.08. The maximum atomic E-state index is 9.72. The fraction of sp³-hybridized carbons (Fsp3) is 0.364. The van der Waals surface area contributed by atoms with Crippen molar-refractivity contribution >= 4 is 10.8 Å². The van der Waals surface area contributed by atoms with Crippen LogP contribution in [0.3, 0.4) is 0 Å². The molecule has 0 bridgehead atoms. The van der Waals surface area contributed by atoms with E-state index >= 15 is 0 Å². The average Bonchev–Trinajstić information content (AvgIpc) is 2.89. The van der Waals surface area contributed by atoms with Crippen LogP contribution in [-0.2, 0) is 6.42 Å². The number of phenols is 1. The molecule has 116 valence electrons. The SMILES string of the molecule is CC#CCC1=CC[C@H]2c3ccc4cc(O)ccc4c3CC[C@]12C. The molecule has 0 amide bonds. The highest BCUT2D eigenvalue weighted by molar-refractivity contribution is 5.88. The Kier molecular flexibility index (Phi) is 3.23. The topological polar surface area (TPSA) is 20.2 Å². The zero-order chi connectivity index (χ0) is 16.0. The number of aromatic hydroxyl groups is 1. The minimum Gasteiger partial charge on any atom is -0.508 e. The smallest absolute Gasteiger partial charge is 0.116 e. The molecular formula is C22H22O. The minimum absolute atomic E-state index is 0.265. The van der Waals surface area contributed by atoms with E-state index in [1.807, 2.05) is 19.1 Å². The van der Waals surface area contributed by atoms with Crippen LogP contribution in [0.4, 0.5) is 0 Å². The molecule has 0 radical (unpaired) electrons. The monoisotopic (exact) mass is 302 g/mol. The van der Waals surface area contributed by atoms with Crippen LogP contribution in [-0.4, -0.2) is 5.11 Å². The molecule has 4 rings (SSSR count). The summed E-state index contributed by atoms with van der Waals surface area (Å²) < 4.78 is 0. The van der Waals surface area contributed by atoms with Crippen LogP contribution in [0.1, 0.15) is 50.2 Å². The van der Waals surface area contributed by atoms with Crippen molar-refractivity contribution in [3.63, 3.8) is 0 Å². The number of benzene rings is 2. The molecule has 0 unspecified atom stereocenters. The number of fused-ring (bicyclic) bond motifs is 5. The third-order valence-electron chi connectivity index (χ3n) is 5.98. The Morgan fingerprint density at radius 2 is 2.13 bits per heavy atom. The Bertz CT molecular complexity index is 878. The van der Waals surface area contributed by atoms with Crippen molar-refractivity contribution < 1.29 is 5.11 Å². The molecule has 0 heterocycles. The lowest BCUT2D eigenvalue weighted by molar-refractivity contribution is 0.290. The highest BCUT2D eigenvalue weighted by atomic mass is 16.3. The Morgan fingerprint density at radius 3 is 2.96 bits per heavy atom. The highest BCUT2D eigenvalue weighted by Gasteiger charge is 2.44. The summed E-state index contributed by atoms with van der Waals surface area (Å²) in [5.74, 6) is 7.23. The van der Waals surface area contributed by atoms with Crippen LogP contribution < -0.4 is 0 Å². The lowest BCUT2D eigenvalue weighted by Gasteiger charge is -2.40. The Morgan fingerprint density at radius 1 is 1.26 bits per heavy atom. The standard InChI is InChI=1S/C22H22O/c1-3-4-5-16-7-11-21-20-9-6-15-14-17(23)8-10-18(15)19(20)12-13-22(16,21)2/h6-10,14,21,23H,5,11-13H2,1-2H3/t21-,22+/m0/s1. The summed E-state index contributed by atoms with van der Waals surface area (Å²) in [4.78, 5) is 0. The van der Waals surface area contributed by atoms with E-state index < -0.39 is 0 Å². The summed E-state index contributed by atoms with van der Waals surface area (Å²) >= 11 is 0. The van der Waals surface area contributed by atoms with E-state index in [1.165, 1.54) is 28.5 Å². The number of aryl methyl sites for hydroxylation is 1. The van der Waals surface area contributed by atoms with Crippen molar-refractivity contribution in [3.05, 3.63) is 53.1 Å². The van der Waals surface area contributed by atoms with Crippen molar-refractivity contribution in [3.8, 4) is 17.6 Å². The van der Waals surface area contributed by atoms with Gasteiger partial charge in [-0.3, -0.25) is 0 Å². The molecule has 0 spiro atoms. The maximum Gasteiger partial charge on any atom is 0.116 e. The van der Waals surface area contributed by atoms with Gasteiger partial charge in [-0.15, -0.1) is 5.92 Å². The van der Waals surface area contributed by atoms with E-state index in [-0.39, 0.29) is 5.41 Å². The number of hydrogen-bond donors (Lipinski definition) is 1. The van der Waals surface area contributed by atoms with Crippen molar-refractivity contribution in [2.45, 2.75) is 45.4 Å². The molecule has 23 heavy (non-hydrogen) atoms. The van der Waals surface area contributed by atoms with Gasteiger partial charge < -0.3 is 5.11 Å². The number of phenolic OH excluding ortho intramolecular Hbond substituents is 1. The van der Waals surface area contributed by atoms with Gasteiger partial charge in [0.1, 0.15) is 5.75 Å². The second-order valence-corrected chi connectivity index (χ2v) is 7.08. The number of hydrogen-bond acceptors (Lipinski definition) is 1. The third-order valence-corrected chi connectivity index (χ3v) is 5.98. The van der Waals surface area contributed by atoms with Gasteiger partial charge in [-0.05, 0) is 71.6 Å². The first-order chi connectivity index (χ1) is 11.1. The quantitative estimate of drug-likeness (QED) is 0.558. The van der Waals surface area contributed by atoms with Gasteiger partial charge in [-0.2, -0.15) is 0 Å². The van der Waals surface area contributed by atoms with Crippen LogP contribution in [0.2, 0.25) is 0 Å².